The molecular weight excluding hydrogens is 382 g/mol. The van der Waals surface area contributed by atoms with Crippen molar-refractivity contribution in [1.82, 2.24) is 14.8 Å². The lowest BCUT2D eigenvalue weighted by atomic mass is 10.1. The Morgan fingerprint density at radius 2 is 1.86 bits per heavy atom. The number of benzene rings is 2. The van der Waals surface area contributed by atoms with Gasteiger partial charge in [0.2, 0.25) is 0 Å². The zero-order valence-corrected chi connectivity index (χ0v) is 17.8. The van der Waals surface area contributed by atoms with E-state index in [1.54, 1.807) is 13.2 Å². The predicted molar refractivity (Wildman–Crippen MR) is 118 cm³/mol. The molecule has 6 heteroatoms. The van der Waals surface area contributed by atoms with Crippen molar-refractivity contribution in [2.75, 3.05) is 7.11 Å². The van der Waals surface area contributed by atoms with Gasteiger partial charge in [0, 0.05) is 17.7 Å². The summed E-state index contributed by atoms with van der Waals surface area (Å²) in [4.78, 5) is 12.9. The third-order valence-corrected chi connectivity index (χ3v) is 5.76. The monoisotopic (exact) mass is 407 g/mol. The Morgan fingerprint density at radius 1 is 1.17 bits per heavy atom. The summed E-state index contributed by atoms with van der Waals surface area (Å²) in [7, 11) is 1.64. The van der Waals surface area contributed by atoms with Crippen LogP contribution >= 0.6 is 11.8 Å². The lowest BCUT2D eigenvalue weighted by molar-refractivity contribution is 0.0994. The smallest absolute Gasteiger partial charge is 0.192 e. The van der Waals surface area contributed by atoms with Gasteiger partial charge in [-0.2, -0.15) is 0 Å². The molecule has 5 nitrogen and oxygen atoms in total. The number of hydrogen-bond acceptors (Lipinski definition) is 5. The molecule has 0 aliphatic carbocycles. The fraction of sp³-hybridized carbons (Fsp3) is 0.261. The van der Waals surface area contributed by atoms with Crippen LogP contribution in [0.15, 0.2) is 66.3 Å². The number of rotatable bonds is 9. The molecule has 1 aromatic heterocycles. The molecule has 0 radical (unpaired) electrons. The summed E-state index contributed by atoms with van der Waals surface area (Å²) in [6.45, 7) is 8.41. The molecule has 3 rings (SSSR count). The minimum Gasteiger partial charge on any atom is -0.497 e. The first-order chi connectivity index (χ1) is 14.1. The fourth-order valence-corrected chi connectivity index (χ4v) is 3.91. The minimum absolute atomic E-state index is 0.0804. The van der Waals surface area contributed by atoms with Gasteiger partial charge in [0.25, 0.3) is 0 Å². The number of aryl methyl sites for hydroxylation is 1. The number of carbonyl (C=O) groups is 1. The fourth-order valence-electron chi connectivity index (χ4n) is 2.97. The molecule has 1 atom stereocenters. The van der Waals surface area contributed by atoms with Crippen molar-refractivity contribution in [2.45, 2.75) is 37.2 Å². The molecule has 0 fully saturated rings. The Morgan fingerprint density at radius 3 is 2.45 bits per heavy atom. The summed E-state index contributed by atoms with van der Waals surface area (Å²) in [5, 5.41) is 9.12. The van der Waals surface area contributed by atoms with Crippen molar-refractivity contribution in [1.29, 1.82) is 0 Å². The van der Waals surface area contributed by atoms with E-state index in [1.807, 2.05) is 60.0 Å². The Bertz CT molecular complexity index is 978. The van der Waals surface area contributed by atoms with E-state index in [4.69, 9.17) is 4.74 Å². The van der Waals surface area contributed by atoms with Crippen LogP contribution in [0.4, 0.5) is 0 Å². The second kappa shape index (κ2) is 9.56. The maximum atomic E-state index is 12.9. The third kappa shape index (κ3) is 4.77. The first kappa shape index (κ1) is 20.9. The summed E-state index contributed by atoms with van der Waals surface area (Å²) in [6, 6.07) is 15.5. The summed E-state index contributed by atoms with van der Waals surface area (Å²) in [5.41, 5.74) is 2.87. The Kier molecular flexibility index (Phi) is 6.88. The van der Waals surface area contributed by atoms with Crippen LogP contribution in [0, 0.1) is 0 Å². The SMILES string of the molecule is C=CCn1c(S[C@@H](C)C(=O)c2ccc(CC)cc2)nnc1-c1ccc(OC)cc1. The lowest BCUT2D eigenvalue weighted by Crippen LogP contribution is -2.15. The van der Waals surface area contributed by atoms with Crippen molar-refractivity contribution < 1.29 is 9.53 Å². The van der Waals surface area contributed by atoms with Crippen molar-refractivity contribution in [3.8, 4) is 17.1 Å². The number of aromatic nitrogens is 3. The van der Waals surface area contributed by atoms with Crippen LogP contribution in [0.1, 0.15) is 29.8 Å². The highest BCUT2D eigenvalue weighted by Gasteiger charge is 2.21. The van der Waals surface area contributed by atoms with E-state index in [-0.39, 0.29) is 11.0 Å². The molecular formula is C23H25N3O2S. The Labute approximate surface area is 175 Å². The molecule has 0 saturated carbocycles. The van der Waals surface area contributed by atoms with Crippen LogP contribution < -0.4 is 4.74 Å². The average Bonchev–Trinajstić information content (AvgIpc) is 3.15. The topological polar surface area (TPSA) is 57.0 Å². The summed E-state index contributed by atoms with van der Waals surface area (Å²) >= 11 is 1.41. The number of ketones is 1. The van der Waals surface area contributed by atoms with Gasteiger partial charge >= 0.3 is 0 Å². The molecule has 1 heterocycles. The van der Waals surface area contributed by atoms with Gasteiger partial charge in [-0.1, -0.05) is 49.0 Å². The van der Waals surface area contributed by atoms with Gasteiger partial charge in [0.05, 0.1) is 12.4 Å². The van der Waals surface area contributed by atoms with Crippen LogP contribution in [0.2, 0.25) is 0 Å². The second-order valence-corrected chi connectivity index (χ2v) is 7.92. The van der Waals surface area contributed by atoms with E-state index in [0.29, 0.717) is 17.3 Å². The zero-order chi connectivity index (χ0) is 20.8. The Hall–Kier alpha value is -2.86. The van der Waals surface area contributed by atoms with Crippen LogP contribution in [-0.2, 0) is 13.0 Å². The van der Waals surface area contributed by atoms with E-state index in [0.717, 1.165) is 23.6 Å². The molecule has 0 spiro atoms. The molecule has 2 aromatic carbocycles. The number of thioether (sulfide) groups is 1. The minimum atomic E-state index is -0.279. The number of Topliss-reactive ketones (excluding diaryl/α,β-unsaturated/α-hetero) is 1. The quantitative estimate of drug-likeness (QED) is 0.282. The molecule has 0 unspecified atom stereocenters. The van der Waals surface area contributed by atoms with Crippen molar-refractivity contribution in [2.24, 2.45) is 0 Å². The molecule has 0 amide bonds. The highest BCUT2D eigenvalue weighted by atomic mass is 32.2. The van der Waals surface area contributed by atoms with Crippen LogP contribution in [0.25, 0.3) is 11.4 Å². The van der Waals surface area contributed by atoms with Gasteiger partial charge in [0.15, 0.2) is 16.8 Å². The normalized spacial score (nSPS) is 11.8. The van der Waals surface area contributed by atoms with Crippen LogP contribution in [-0.4, -0.2) is 32.9 Å². The van der Waals surface area contributed by atoms with E-state index < -0.39 is 0 Å². The maximum Gasteiger partial charge on any atom is 0.192 e. The highest BCUT2D eigenvalue weighted by molar-refractivity contribution is 8.00. The van der Waals surface area contributed by atoms with Crippen LogP contribution in [0.3, 0.4) is 0 Å². The van der Waals surface area contributed by atoms with Gasteiger partial charge < -0.3 is 4.74 Å². The predicted octanol–water partition coefficient (Wildman–Crippen LogP) is 5.07. The maximum absolute atomic E-state index is 12.9. The molecule has 0 saturated heterocycles. The van der Waals surface area contributed by atoms with Crippen molar-refractivity contribution in [3.63, 3.8) is 0 Å². The van der Waals surface area contributed by atoms with E-state index >= 15 is 0 Å². The largest absolute Gasteiger partial charge is 0.497 e. The summed E-state index contributed by atoms with van der Waals surface area (Å²) in [5.74, 6) is 1.60. The van der Waals surface area contributed by atoms with E-state index in [2.05, 4.69) is 23.7 Å². The second-order valence-electron chi connectivity index (χ2n) is 6.61. The van der Waals surface area contributed by atoms with Gasteiger partial charge in [-0.15, -0.1) is 16.8 Å². The highest BCUT2D eigenvalue weighted by Crippen LogP contribution is 2.29. The number of carbonyl (C=O) groups excluding carboxylic acids is 1. The molecule has 0 N–H and O–H groups in total. The van der Waals surface area contributed by atoms with Crippen LogP contribution in [0.5, 0.6) is 5.75 Å². The first-order valence-electron chi connectivity index (χ1n) is 9.55. The van der Waals surface area contributed by atoms with E-state index in [9.17, 15) is 4.79 Å². The van der Waals surface area contributed by atoms with E-state index in [1.165, 1.54) is 17.3 Å². The van der Waals surface area contributed by atoms with Gasteiger partial charge in [-0.25, -0.2) is 0 Å². The molecule has 29 heavy (non-hydrogen) atoms. The zero-order valence-electron chi connectivity index (χ0n) is 17.0. The number of nitrogens with zero attached hydrogens (tertiary/aromatic N) is 3. The molecule has 3 aromatic rings. The lowest BCUT2D eigenvalue weighted by Gasteiger charge is -2.12. The Balaban J connectivity index is 1.82. The average molecular weight is 408 g/mol. The summed E-state index contributed by atoms with van der Waals surface area (Å²) in [6.07, 6.45) is 2.76. The molecule has 0 aliphatic rings. The van der Waals surface area contributed by atoms with Crippen molar-refractivity contribution >= 4 is 17.5 Å². The summed E-state index contributed by atoms with van der Waals surface area (Å²) < 4.78 is 7.20. The molecule has 0 bridgehead atoms. The first-order valence-corrected chi connectivity index (χ1v) is 10.4. The number of ether oxygens (including phenoxy) is 1. The molecule has 150 valence electrons. The van der Waals surface area contributed by atoms with Crippen molar-refractivity contribution in [3.05, 3.63) is 72.3 Å². The standard InChI is InChI=1S/C23H25N3O2S/c1-5-15-26-22(19-11-13-20(28-4)14-12-19)24-25-23(26)29-16(3)21(27)18-9-7-17(6-2)8-10-18/h5,7-14,16H,1,6,15H2,2-4H3/t16-/m0/s1. The third-order valence-electron chi connectivity index (χ3n) is 4.67. The van der Waals surface area contributed by atoms with Gasteiger partial charge in [0.1, 0.15) is 5.75 Å². The van der Waals surface area contributed by atoms with Gasteiger partial charge in [-0.05, 0) is 43.2 Å². The molecule has 0 aliphatic heterocycles. The number of methoxy groups -OCH3 is 1. The number of allylic oxidation sites excluding steroid dienone is 1. The number of hydrogen-bond donors (Lipinski definition) is 0. The van der Waals surface area contributed by atoms with Gasteiger partial charge in [-0.3, -0.25) is 9.36 Å².